The lowest BCUT2D eigenvalue weighted by molar-refractivity contribution is -0.293. The number of benzene rings is 2. The maximum absolute atomic E-state index is 13.2. The van der Waals surface area contributed by atoms with Crippen molar-refractivity contribution >= 4 is 47.2 Å². The van der Waals surface area contributed by atoms with Crippen molar-refractivity contribution in [2.45, 2.75) is 147 Å². The number of ketones is 1. The monoisotopic (exact) mass is 951 g/mol. The maximum atomic E-state index is 13.2. The van der Waals surface area contributed by atoms with Crippen LogP contribution < -0.4 is 25.4 Å². The van der Waals surface area contributed by atoms with Crippen LogP contribution in [0.4, 0.5) is 4.79 Å². The van der Waals surface area contributed by atoms with Gasteiger partial charge in [0, 0.05) is 51.9 Å². The number of hydrogen-bond donors (Lipinski definition) is 6. The molecule has 1 saturated heterocycles. The molecule has 0 saturated carbocycles. The minimum atomic E-state index is -1.62. The van der Waals surface area contributed by atoms with Gasteiger partial charge in [-0.2, -0.15) is 0 Å². The van der Waals surface area contributed by atoms with Crippen LogP contribution in [0.25, 0.3) is 0 Å². The predicted molar refractivity (Wildman–Crippen MR) is 239 cm³/mol. The summed E-state index contributed by atoms with van der Waals surface area (Å²) in [5.41, 5.74) is 0.743. The fraction of sp³-hybridized carbons (Fsp3) is 0.609. The summed E-state index contributed by atoms with van der Waals surface area (Å²) in [7, 11) is 3.83. The molecule has 0 aliphatic carbocycles. The molecule has 0 radical (unpaired) electrons. The first-order valence-corrected chi connectivity index (χ1v) is 22.3. The average molecular weight is 952 g/mol. The Morgan fingerprint density at radius 2 is 1.52 bits per heavy atom. The second kappa shape index (κ2) is 28.2. The predicted octanol–water partition coefficient (Wildman–Crippen LogP) is 4.20. The number of rotatable bonds is 27. The van der Waals surface area contributed by atoms with Crippen molar-refractivity contribution in [1.29, 1.82) is 0 Å². The van der Waals surface area contributed by atoms with E-state index in [4.69, 9.17) is 44.8 Å². The molecule has 368 valence electrons. The van der Waals surface area contributed by atoms with Gasteiger partial charge in [0.15, 0.2) is 12.4 Å². The van der Waals surface area contributed by atoms with Gasteiger partial charge in [0.2, 0.25) is 11.8 Å². The number of Topliss-reactive ketones (excluding diaryl/α,β-unsaturated/α-hetero) is 1. The number of nitrogens with one attached hydrogen (secondary N) is 3. The molecule has 3 amide bonds. The summed E-state index contributed by atoms with van der Waals surface area (Å²) >= 11 is 6.48. The molecule has 66 heavy (non-hydrogen) atoms. The lowest BCUT2D eigenvalue weighted by Gasteiger charge is -2.40. The maximum Gasteiger partial charge on any atom is 0.408 e. The Labute approximate surface area is 390 Å². The first-order chi connectivity index (χ1) is 31.4. The van der Waals surface area contributed by atoms with E-state index in [-0.39, 0.29) is 65.7 Å². The molecule has 6 atom stereocenters. The second-order valence-corrected chi connectivity index (χ2v) is 17.1. The number of carbonyl (C=O) groups is 6. The van der Waals surface area contributed by atoms with Crippen molar-refractivity contribution in [2.24, 2.45) is 0 Å². The second-order valence-electron chi connectivity index (χ2n) is 16.7. The van der Waals surface area contributed by atoms with E-state index >= 15 is 0 Å². The summed E-state index contributed by atoms with van der Waals surface area (Å²) < 4.78 is 37.3. The van der Waals surface area contributed by atoms with Crippen LogP contribution in [0.1, 0.15) is 113 Å². The standard InChI is InChI=1S/C46H66ClN3O16/c1-46(2,3)66-45(59)50-33(43(58)61-5)17-11-12-21-48-37(53)18-10-8-7-9-16-30(52)19-20-38(54)49-25-28-14-13-15-29(22-28)27-63-35-24-34(60-4)31(23-32(35)47)42(57)65-41-40(56)39(55)36(26-51)64-44(41)62-6/h13-15,22-24,33,36,39-41,44,51,55-56H,7-12,16-21,25-27H2,1-6H3,(H,48,53)(H,49,54)(H,50,59)/t33-,36+,39+,40-,41+,44-/m0/s1. The van der Waals surface area contributed by atoms with Crippen molar-refractivity contribution in [3.05, 3.63) is 58.1 Å². The van der Waals surface area contributed by atoms with Gasteiger partial charge in [-0.1, -0.05) is 48.7 Å². The number of aliphatic hydroxyl groups excluding tert-OH is 3. The van der Waals surface area contributed by atoms with Crippen LogP contribution in [0, 0.1) is 0 Å². The molecule has 19 nitrogen and oxygen atoms in total. The van der Waals surface area contributed by atoms with E-state index in [9.17, 15) is 44.1 Å². The summed E-state index contributed by atoms with van der Waals surface area (Å²) in [5.74, 6) is -1.63. The third-order valence-electron chi connectivity index (χ3n) is 10.3. The summed E-state index contributed by atoms with van der Waals surface area (Å²) in [5, 5.41) is 38.5. The van der Waals surface area contributed by atoms with Crippen LogP contribution in [0.2, 0.25) is 5.02 Å². The highest BCUT2D eigenvalue weighted by molar-refractivity contribution is 6.32. The number of unbranched alkanes of at least 4 members (excludes halogenated alkanes) is 4. The molecule has 1 aliphatic heterocycles. The average Bonchev–Trinajstić information content (AvgIpc) is 3.28. The highest BCUT2D eigenvalue weighted by Gasteiger charge is 2.47. The fourth-order valence-electron chi connectivity index (χ4n) is 6.78. The van der Waals surface area contributed by atoms with Crippen molar-refractivity contribution in [1.82, 2.24) is 16.0 Å². The van der Waals surface area contributed by atoms with Gasteiger partial charge in [0.05, 0.1) is 25.8 Å². The van der Waals surface area contributed by atoms with E-state index in [0.29, 0.717) is 51.5 Å². The molecule has 0 aromatic heterocycles. The van der Waals surface area contributed by atoms with Gasteiger partial charge in [0.25, 0.3) is 0 Å². The Morgan fingerprint density at radius 3 is 2.18 bits per heavy atom. The number of methoxy groups -OCH3 is 3. The van der Waals surface area contributed by atoms with Gasteiger partial charge >= 0.3 is 18.0 Å². The smallest absolute Gasteiger partial charge is 0.408 e. The highest BCUT2D eigenvalue weighted by Crippen LogP contribution is 2.35. The third kappa shape index (κ3) is 19.0. The number of aliphatic hydroxyl groups is 3. The summed E-state index contributed by atoms with van der Waals surface area (Å²) in [6, 6.07) is 9.13. The van der Waals surface area contributed by atoms with Crippen LogP contribution in [0.3, 0.4) is 0 Å². The summed E-state index contributed by atoms with van der Waals surface area (Å²) in [4.78, 5) is 74.6. The number of alkyl carbamates (subject to hydrolysis) is 1. The van der Waals surface area contributed by atoms with Crippen molar-refractivity contribution in [3.8, 4) is 11.5 Å². The Balaban J connectivity index is 1.31. The van der Waals surface area contributed by atoms with Gasteiger partial charge in [-0.3, -0.25) is 14.4 Å². The molecule has 1 fully saturated rings. The first-order valence-electron chi connectivity index (χ1n) is 22.0. The molecule has 3 rings (SSSR count). The number of ether oxygens (including phenoxy) is 7. The van der Waals surface area contributed by atoms with Gasteiger partial charge in [-0.15, -0.1) is 0 Å². The van der Waals surface area contributed by atoms with E-state index < -0.39 is 67.0 Å². The van der Waals surface area contributed by atoms with Crippen LogP contribution in [-0.4, -0.2) is 128 Å². The van der Waals surface area contributed by atoms with E-state index in [1.165, 1.54) is 33.5 Å². The quantitative estimate of drug-likeness (QED) is 0.0417. The fourth-order valence-corrected chi connectivity index (χ4v) is 7.00. The molecule has 0 unspecified atom stereocenters. The highest BCUT2D eigenvalue weighted by atomic mass is 35.5. The number of amides is 3. The third-order valence-corrected chi connectivity index (χ3v) is 10.6. The lowest BCUT2D eigenvalue weighted by atomic mass is 9.99. The van der Waals surface area contributed by atoms with E-state index in [2.05, 4.69) is 16.0 Å². The van der Waals surface area contributed by atoms with Gasteiger partial charge in [-0.25, -0.2) is 14.4 Å². The Kier molecular flexibility index (Phi) is 23.6. The van der Waals surface area contributed by atoms with Gasteiger partial charge in [0.1, 0.15) is 59.4 Å². The van der Waals surface area contributed by atoms with E-state index in [1.54, 1.807) is 26.8 Å². The topological polar surface area (TPSA) is 264 Å². The normalized spacial score (nSPS) is 18.6. The zero-order valence-corrected chi connectivity index (χ0v) is 39.3. The molecule has 2 aromatic carbocycles. The number of carbonyl (C=O) groups excluding carboxylic acids is 6. The largest absolute Gasteiger partial charge is 0.496 e. The minimum Gasteiger partial charge on any atom is -0.496 e. The zero-order valence-electron chi connectivity index (χ0n) is 38.6. The molecule has 20 heteroatoms. The van der Waals surface area contributed by atoms with Gasteiger partial charge in [-0.05, 0) is 70.1 Å². The molecular weight excluding hydrogens is 886 g/mol. The molecular formula is C46H66ClN3O16. The molecule has 6 N–H and O–H groups in total. The van der Waals surface area contributed by atoms with Crippen molar-refractivity contribution < 1.29 is 77.2 Å². The Morgan fingerprint density at radius 1 is 0.818 bits per heavy atom. The Bertz CT molecular complexity index is 1910. The van der Waals surface area contributed by atoms with Crippen LogP contribution in [0.15, 0.2) is 36.4 Å². The van der Waals surface area contributed by atoms with E-state index in [0.717, 1.165) is 24.0 Å². The molecule has 1 heterocycles. The molecule has 1 aliphatic rings. The zero-order chi connectivity index (χ0) is 48.8. The minimum absolute atomic E-state index is 0.00730. The molecule has 2 aromatic rings. The SMILES string of the molecule is COC(=O)[C@H](CCCCNC(=O)CCCCCCC(=O)CCC(=O)NCc1cccc(COc2cc(OC)c(C(=O)O[C@H]3[C@@H](OC)O[C@H](CO)[C@@H](O)[C@@H]3O)cc2Cl)c1)NC(=O)OC(C)(C)C. The first kappa shape index (κ1) is 55.3. The lowest BCUT2D eigenvalue weighted by Crippen LogP contribution is -2.60. The number of halogens is 1. The van der Waals surface area contributed by atoms with Crippen LogP contribution >= 0.6 is 11.6 Å². The van der Waals surface area contributed by atoms with E-state index in [1.807, 2.05) is 18.2 Å². The summed E-state index contributed by atoms with van der Waals surface area (Å²) in [6.45, 7) is 5.31. The molecule has 0 spiro atoms. The summed E-state index contributed by atoms with van der Waals surface area (Å²) in [6.07, 6.45) is -2.41. The molecule has 0 bridgehead atoms. The van der Waals surface area contributed by atoms with Crippen molar-refractivity contribution in [2.75, 3.05) is 34.5 Å². The van der Waals surface area contributed by atoms with Gasteiger partial charge < -0.3 is 64.4 Å². The van der Waals surface area contributed by atoms with Crippen LogP contribution in [-0.2, 0) is 56.0 Å². The number of hydrogen-bond acceptors (Lipinski definition) is 16. The van der Waals surface area contributed by atoms with Crippen molar-refractivity contribution in [3.63, 3.8) is 0 Å². The van der Waals surface area contributed by atoms with Crippen LogP contribution in [0.5, 0.6) is 11.5 Å². The number of esters is 2. The Hall–Kier alpha value is -5.05.